The Bertz CT molecular complexity index is 538. The summed E-state index contributed by atoms with van der Waals surface area (Å²) in [6.45, 7) is 3.90. The zero-order valence-electron chi connectivity index (χ0n) is 10.4. The highest BCUT2D eigenvalue weighted by molar-refractivity contribution is 6.02. The predicted molar refractivity (Wildman–Crippen MR) is 68.4 cm³/mol. The quantitative estimate of drug-likeness (QED) is 0.823. The van der Waals surface area contributed by atoms with E-state index in [1.165, 1.54) is 0 Å². The lowest BCUT2D eigenvalue weighted by Gasteiger charge is -2.12. The van der Waals surface area contributed by atoms with Crippen molar-refractivity contribution < 1.29 is 9.21 Å². The monoisotopic (exact) mass is 231 g/mol. The van der Waals surface area contributed by atoms with Gasteiger partial charge in [0.05, 0.1) is 6.04 Å². The summed E-state index contributed by atoms with van der Waals surface area (Å²) in [5.41, 5.74) is 1.48. The van der Waals surface area contributed by atoms with E-state index in [1.807, 2.05) is 45.2 Å². The van der Waals surface area contributed by atoms with Crippen molar-refractivity contribution in [3.05, 3.63) is 35.6 Å². The summed E-state index contributed by atoms with van der Waals surface area (Å²) in [6.07, 6.45) is 0.782. The summed E-state index contributed by atoms with van der Waals surface area (Å²) in [4.78, 5) is 12.2. The fourth-order valence-electron chi connectivity index (χ4n) is 2.04. The number of rotatable bonds is 4. The molecule has 0 aliphatic carbocycles. The van der Waals surface area contributed by atoms with E-state index >= 15 is 0 Å². The molecule has 2 rings (SSSR count). The van der Waals surface area contributed by atoms with Crippen molar-refractivity contribution in [1.29, 1.82) is 0 Å². The van der Waals surface area contributed by atoms with E-state index < -0.39 is 0 Å². The molecule has 0 saturated heterocycles. The number of fused-ring (bicyclic) bond motifs is 1. The van der Waals surface area contributed by atoms with E-state index in [1.54, 1.807) is 0 Å². The number of carbonyl (C=O) groups excluding carboxylic acids is 1. The van der Waals surface area contributed by atoms with E-state index in [-0.39, 0.29) is 11.8 Å². The number of aryl methyl sites for hydroxylation is 1. The van der Waals surface area contributed by atoms with Crippen LogP contribution in [0.2, 0.25) is 0 Å². The Labute approximate surface area is 101 Å². The Kier molecular flexibility index (Phi) is 3.29. The molecule has 3 nitrogen and oxygen atoms in total. The summed E-state index contributed by atoms with van der Waals surface area (Å²) < 4.78 is 5.53. The average molecular weight is 231 g/mol. The van der Waals surface area contributed by atoms with Crippen LogP contribution in [-0.2, 0) is 0 Å². The van der Waals surface area contributed by atoms with Crippen LogP contribution >= 0.6 is 0 Å². The second kappa shape index (κ2) is 4.72. The van der Waals surface area contributed by atoms with Crippen molar-refractivity contribution in [1.82, 2.24) is 5.32 Å². The first kappa shape index (κ1) is 11.9. The first-order valence-corrected chi connectivity index (χ1v) is 5.87. The minimum atomic E-state index is -0.122. The van der Waals surface area contributed by atoms with Gasteiger partial charge in [-0.05, 0) is 32.5 Å². The van der Waals surface area contributed by atoms with E-state index in [2.05, 4.69) is 5.32 Å². The molecule has 1 atom stereocenters. The summed E-state index contributed by atoms with van der Waals surface area (Å²) in [7, 11) is 1.81. The van der Waals surface area contributed by atoms with Crippen molar-refractivity contribution in [2.75, 3.05) is 7.05 Å². The third-order valence-electron chi connectivity index (χ3n) is 3.00. The number of Topliss-reactive ketones (excluding diaryl/α,β-unsaturated/α-hetero) is 1. The van der Waals surface area contributed by atoms with Crippen LogP contribution < -0.4 is 5.32 Å². The van der Waals surface area contributed by atoms with Gasteiger partial charge in [0, 0.05) is 10.9 Å². The van der Waals surface area contributed by atoms with Crippen molar-refractivity contribution in [3.63, 3.8) is 0 Å². The predicted octanol–water partition coefficient (Wildman–Crippen LogP) is 2.92. The van der Waals surface area contributed by atoms with Crippen LogP contribution in [0, 0.1) is 6.92 Å². The molecule has 0 amide bonds. The van der Waals surface area contributed by atoms with Crippen LogP contribution in [0.1, 0.15) is 29.5 Å². The Morgan fingerprint density at radius 3 is 2.82 bits per heavy atom. The maximum Gasteiger partial charge on any atom is 0.179 e. The van der Waals surface area contributed by atoms with Crippen LogP contribution in [-0.4, -0.2) is 18.9 Å². The van der Waals surface area contributed by atoms with Crippen molar-refractivity contribution >= 4 is 16.8 Å². The van der Waals surface area contributed by atoms with Gasteiger partial charge in [-0.3, -0.25) is 4.79 Å². The molecule has 0 aliphatic heterocycles. The van der Waals surface area contributed by atoms with Gasteiger partial charge < -0.3 is 9.73 Å². The molecule has 0 aliphatic rings. The van der Waals surface area contributed by atoms with Crippen LogP contribution in [0.4, 0.5) is 0 Å². The highest BCUT2D eigenvalue weighted by Crippen LogP contribution is 2.21. The first-order chi connectivity index (χ1) is 8.15. The van der Waals surface area contributed by atoms with Crippen molar-refractivity contribution in [2.24, 2.45) is 0 Å². The van der Waals surface area contributed by atoms with Gasteiger partial charge in [0.1, 0.15) is 11.3 Å². The Balaban J connectivity index is 2.38. The molecule has 90 valence electrons. The summed E-state index contributed by atoms with van der Waals surface area (Å²) in [5.74, 6) is 0.983. The number of benzene rings is 1. The second-order valence-electron chi connectivity index (χ2n) is 4.22. The Morgan fingerprint density at radius 2 is 2.18 bits per heavy atom. The third-order valence-corrected chi connectivity index (χ3v) is 3.00. The fourth-order valence-corrected chi connectivity index (χ4v) is 2.04. The molecule has 1 aromatic carbocycles. The third kappa shape index (κ3) is 2.24. The highest BCUT2D eigenvalue weighted by Gasteiger charge is 2.16. The number of hydrogen-bond acceptors (Lipinski definition) is 3. The molecule has 1 aromatic heterocycles. The van der Waals surface area contributed by atoms with Gasteiger partial charge in [-0.1, -0.05) is 19.1 Å². The molecular formula is C14H17NO2. The molecule has 1 heterocycles. The number of ketones is 1. The maximum atomic E-state index is 12.2. The lowest BCUT2D eigenvalue weighted by atomic mass is 10.0. The van der Waals surface area contributed by atoms with Gasteiger partial charge in [0.2, 0.25) is 0 Å². The van der Waals surface area contributed by atoms with E-state index in [9.17, 15) is 4.79 Å². The second-order valence-corrected chi connectivity index (χ2v) is 4.22. The van der Waals surface area contributed by atoms with Gasteiger partial charge >= 0.3 is 0 Å². The molecule has 3 heteroatoms. The Morgan fingerprint density at radius 1 is 1.41 bits per heavy atom. The summed E-state index contributed by atoms with van der Waals surface area (Å²) in [6, 6.07) is 7.47. The normalized spacial score (nSPS) is 12.9. The molecular weight excluding hydrogens is 214 g/mol. The average Bonchev–Trinajstić information content (AvgIpc) is 2.69. The lowest BCUT2D eigenvalue weighted by Crippen LogP contribution is -2.33. The standard InChI is InChI=1S/C14H17NO2/c1-4-12(15-3)14(16)11-6-5-10-7-9(2)17-13(10)8-11/h5-8,12,15H,4H2,1-3H3/t12-/m1/s1. The van der Waals surface area contributed by atoms with Crippen LogP contribution in [0.3, 0.4) is 0 Å². The SMILES string of the molecule is CC[C@@H](NC)C(=O)c1ccc2cc(C)oc2c1. The first-order valence-electron chi connectivity index (χ1n) is 5.87. The fraction of sp³-hybridized carbons (Fsp3) is 0.357. The van der Waals surface area contributed by atoms with Crippen molar-refractivity contribution in [2.45, 2.75) is 26.3 Å². The number of hydrogen-bond donors (Lipinski definition) is 1. The van der Waals surface area contributed by atoms with E-state index in [0.717, 1.165) is 23.2 Å². The highest BCUT2D eigenvalue weighted by atomic mass is 16.3. The molecule has 0 bridgehead atoms. The van der Waals surface area contributed by atoms with E-state index in [4.69, 9.17) is 4.42 Å². The number of nitrogens with one attached hydrogen (secondary N) is 1. The van der Waals surface area contributed by atoms with Gasteiger partial charge in [-0.2, -0.15) is 0 Å². The van der Waals surface area contributed by atoms with Crippen molar-refractivity contribution in [3.8, 4) is 0 Å². The molecule has 2 aromatic rings. The minimum absolute atomic E-state index is 0.117. The molecule has 0 unspecified atom stereocenters. The number of furan rings is 1. The van der Waals surface area contributed by atoms with Crippen LogP contribution in [0.15, 0.2) is 28.7 Å². The smallest absolute Gasteiger partial charge is 0.179 e. The Hall–Kier alpha value is -1.61. The zero-order valence-corrected chi connectivity index (χ0v) is 10.4. The molecule has 17 heavy (non-hydrogen) atoms. The number of likely N-dealkylation sites (N-methyl/N-ethyl adjacent to an activating group) is 1. The number of carbonyl (C=O) groups is 1. The summed E-state index contributed by atoms with van der Waals surface area (Å²) in [5, 5.41) is 4.06. The largest absolute Gasteiger partial charge is 0.461 e. The maximum absolute atomic E-state index is 12.2. The van der Waals surface area contributed by atoms with Crippen LogP contribution in [0.25, 0.3) is 11.0 Å². The van der Waals surface area contributed by atoms with Crippen LogP contribution in [0.5, 0.6) is 0 Å². The van der Waals surface area contributed by atoms with Gasteiger partial charge in [0.25, 0.3) is 0 Å². The van der Waals surface area contributed by atoms with E-state index in [0.29, 0.717) is 5.56 Å². The molecule has 0 fully saturated rings. The minimum Gasteiger partial charge on any atom is -0.461 e. The molecule has 0 saturated carbocycles. The topological polar surface area (TPSA) is 42.2 Å². The molecule has 0 spiro atoms. The molecule has 1 N–H and O–H groups in total. The van der Waals surface area contributed by atoms with Gasteiger partial charge in [-0.25, -0.2) is 0 Å². The zero-order chi connectivity index (χ0) is 12.4. The van der Waals surface area contributed by atoms with Gasteiger partial charge in [0.15, 0.2) is 5.78 Å². The lowest BCUT2D eigenvalue weighted by molar-refractivity contribution is 0.0945. The molecule has 0 radical (unpaired) electrons. The van der Waals surface area contributed by atoms with Gasteiger partial charge in [-0.15, -0.1) is 0 Å². The summed E-state index contributed by atoms with van der Waals surface area (Å²) >= 11 is 0.